The fourth-order valence-corrected chi connectivity index (χ4v) is 3.20. The van der Waals surface area contributed by atoms with Crippen molar-refractivity contribution in [1.29, 1.82) is 0 Å². The Balaban J connectivity index is 2.09. The largest absolute Gasteiger partial charge is 0.465 e. The third-order valence-electron chi connectivity index (χ3n) is 3.55. The van der Waals surface area contributed by atoms with Gasteiger partial charge in [-0.25, -0.2) is 0 Å². The van der Waals surface area contributed by atoms with Gasteiger partial charge in [-0.1, -0.05) is 44.2 Å². The minimum absolute atomic E-state index is 0.0310. The molecule has 0 radical (unpaired) electrons. The van der Waals surface area contributed by atoms with Crippen molar-refractivity contribution < 1.29 is 14.3 Å². The molecule has 0 saturated heterocycles. The standard InChI is InChI=1S/C18H20O3S/c1-3-13(11-21-17(19)4-2)16-10-15(12-22-16)18(20)14-8-6-5-7-9-14/h5-10,12-13H,3-4,11H2,1-2H3. The number of hydrogen-bond acceptors (Lipinski definition) is 4. The molecule has 0 fully saturated rings. The normalized spacial score (nSPS) is 11.9. The van der Waals surface area contributed by atoms with Crippen LogP contribution in [0.15, 0.2) is 41.8 Å². The van der Waals surface area contributed by atoms with Crippen LogP contribution in [0.2, 0.25) is 0 Å². The molecule has 2 rings (SSSR count). The van der Waals surface area contributed by atoms with Crippen LogP contribution in [0.1, 0.15) is 53.4 Å². The molecule has 116 valence electrons. The second kappa shape index (κ2) is 7.90. The third kappa shape index (κ3) is 4.04. The first-order valence-corrected chi connectivity index (χ1v) is 8.37. The predicted octanol–water partition coefficient (Wildman–Crippen LogP) is 4.43. The lowest BCUT2D eigenvalue weighted by Gasteiger charge is -2.12. The minimum Gasteiger partial charge on any atom is -0.465 e. The van der Waals surface area contributed by atoms with Gasteiger partial charge in [-0.3, -0.25) is 9.59 Å². The summed E-state index contributed by atoms with van der Waals surface area (Å²) in [5, 5.41) is 1.88. The van der Waals surface area contributed by atoms with Gasteiger partial charge in [0.25, 0.3) is 0 Å². The summed E-state index contributed by atoms with van der Waals surface area (Å²) in [6, 6.07) is 11.2. The van der Waals surface area contributed by atoms with Gasteiger partial charge < -0.3 is 4.74 Å². The first-order chi connectivity index (χ1) is 10.7. The summed E-state index contributed by atoms with van der Waals surface area (Å²) >= 11 is 1.55. The highest BCUT2D eigenvalue weighted by Crippen LogP contribution is 2.28. The molecule has 1 aromatic carbocycles. The molecule has 0 aliphatic carbocycles. The van der Waals surface area contributed by atoms with Gasteiger partial charge >= 0.3 is 5.97 Å². The Labute approximate surface area is 134 Å². The molecule has 0 aliphatic rings. The van der Waals surface area contributed by atoms with Crippen molar-refractivity contribution in [1.82, 2.24) is 0 Å². The summed E-state index contributed by atoms with van der Waals surface area (Å²) < 4.78 is 5.24. The van der Waals surface area contributed by atoms with Gasteiger partial charge in [-0.15, -0.1) is 11.3 Å². The molecule has 1 heterocycles. The molecular formula is C18H20O3S. The number of ether oxygens (including phenoxy) is 1. The van der Waals surface area contributed by atoms with E-state index < -0.39 is 0 Å². The molecule has 1 atom stereocenters. The van der Waals surface area contributed by atoms with Crippen LogP contribution in [0, 0.1) is 0 Å². The van der Waals surface area contributed by atoms with Gasteiger partial charge in [0, 0.05) is 33.7 Å². The minimum atomic E-state index is -0.185. The van der Waals surface area contributed by atoms with Crippen molar-refractivity contribution in [3.63, 3.8) is 0 Å². The zero-order valence-corrected chi connectivity index (χ0v) is 13.7. The molecule has 22 heavy (non-hydrogen) atoms. The summed E-state index contributed by atoms with van der Waals surface area (Å²) in [5.74, 6) is -0.00285. The lowest BCUT2D eigenvalue weighted by molar-refractivity contribution is -0.143. The molecule has 0 N–H and O–H groups in total. The zero-order valence-electron chi connectivity index (χ0n) is 12.9. The van der Waals surface area contributed by atoms with E-state index in [1.165, 1.54) is 0 Å². The molecular weight excluding hydrogens is 296 g/mol. The quantitative estimate of drug-likeness (QED) is 0.561. The number of rotatable bonds is 7. The summed E-state index contributed by atoms with van der Waals surface area (Å²) in [6.07, 6.45) is 1.26. The molecule has 0 saturated carbocycles. The SMILES string of the molecule is CCC(=O)OCC(CC)c1cc(C(=O)c2ccccc2)cs1. The Kier molecular flexibility index (Phi) is 5.90. The van der Waals surface area contributed by atoms with E-state index in [0.29, 0.717) is 24.2 Å². The van der Waals surface area contributed by atoms with E-state index in [9.17, 15) is 9.59 Å². The summed E-state index contributed by atoms with van der Waals surface area (Å²) in [6.45, 7) is 4.22. The van der Waals surface area contributed by atoms with Crippen LogP contribution in [0.3, 0.4) is 0 Å². The van der Waals surface area contributed by atoms with E-state index in [4.69, 9.17) is 4.74 Å². The van der Waals surface area contributed by atoms with Gasteiger partial charge in [-0.2, -0.15) is 0 Å². The second-order valence-corrected chi connectivity index (χ2v) is 6.02. The summed E-state index contributed by atoms with van der Waals surface area (Å²) in [4.78, 5) is 24.8. The first kappa shape index (κ1) is 16.4. The van der Waals surface area contributed by atoms with Gasteiger partial charge in [0.1, 0.15) is 0 Å². The number of ketones is 1. The summed E-state index contributed by atoms with van der Waals surface area (Å²) in [7, 11) is 0. The average Bonchev–Trinajstić information content (AvgIpc) is 3.05. The monoisotopic (exact) mass is 316 g/mol. The Hall–Kier alpha value is -1.94. The van der Waals surface area contributed by atoms with E-state index >= 15 is 0 Å². The molecule has 4 heteroatoms. The van der Waals surface area contributed by atoms with E-state index in [-0.39, 0.29) is 17.7 Å². The first-order valence-electron chi connectivity index (χ1n) is 7.49. The Morgan fingerprint density at radius 1 is 1.14 bits per heavy atom. The van der Waals surface area contributed by atoms with Crippen LogP contribution < -0.4 is 0 Å². The topological polar surface area (TPSA) is 43.4 Å². The lowest BCUT2D eigenvalue weighted by atomic mass is 10.0. The molecule has 0 aliphatic heterocycles. The second-order valence-electron chi connectivity index (χ2n) is 5.07. The van der Waals surface area contributed by atoms with Crippen molar-refractivity contribution in [3.05, 3.63) is 57.8 Å². The Morgan fingerprint density at radius 2 is 1.86 bits per heavy atom. The van der Waals surface area contributed by atoms with E-state index in [1.54, 1.807) is 18.3 Å². The van der Waals surface area contributed by atoms with Crippen molar-refractivity contribution in [2.24, 2.45) is 0 Å². The maximum atomic E-state index is 12.4. The van der Waals surface area contributed by atoms with Crippen LogP contribution in [0.5, 0.6) is 0 Å². The number of carbonyl (C=O) groups excluding carboxylic acids is 2. The third-order valence-corrected chi connectivity index (χ3v) is 4.64. The lowest BCUT2D eigenvalue weighted by Crippen LogP contribution is -2.10. The van der Waals surface area contributed by atoms with Gasteiger partial charge in [-0.05, 0) is 12.5 Å². The fraction of sp³-hybridized carbons (Fsp3) is 0.333. The van der Waals surface area contributed by atoms with Crippen LogP contribution in [0.4, 0.5) is 0 Å². The number of carbonyl (C=O) groups is 2. The molecule has 2 aromatic rings. The van der Waals surface area contributed by atoms with Crippen molar-refractivity contribution >= 4 is 23.1 Å². The number of benzene rings is 1. The highest BCUT2D eigenvalue weighted by molar-refractivity contribution is 7.10. The Morgan fingerprint density at radius 3 is 2.50 bits per heavy atom. The maximum Gasteiger partial charge on any atom is 0.305 e. The van der Waals surface area contributed by atoms with Gasteiger partial charge in [0.05, 0.1) is 6.61 Å². The van der Waals surface area contributed by atoms with Crippen LogP contribution >= 0.6 is 11.3 Å². The predicted molar refractivity (Wildman–Crippen MR) is 88.5 cm³/mol. The number of hydrogen-bond donors (Lipinski definition) is 0. The van der Waals surface area contributed by atoms with Crippen LogP contribution in [-0.2, 0) is 9.53 Å². The van der Waals surface area contributed by atoms with Crippen LogP contribution in [0.25, 0.3) is 0 Å². The van der Waals surface area contributed by atoms with E-state index in [2.05, 4.69) is 6.92 Å². The van der Waals surface area contributed by atoms with Crippen LogP contribution in [-0.4, -0.2) is 18.4 Å². The smallest absolute Gasteiger partial charge is 0.305 e. The molecule has 0 spiro atoms. The maximum absolute atomic E-state index is 12.4. The van der Waals surface area contributed by atoms with Gasteiger partial charge in [0.2, 0.25) is 0 Å². The molecule has 1 aromatic heterocycles. The van der Waals surface area contributed by atoms with Crippen molar-refractivity contribution in [2.45, 2.75) is 32.6 Å². The molecule has 1 unspecified atom stereocenters. The number of thiophene rings is 1. The highest BCUT2D eigenvalue weighted by Gasteiger charge is 2.17. The molecule has 0 bridgehead atoms. The van der Waals surface area contributed by atoms with Crippen molar-refractivity contribution in [3.8, 4) is 0 Å². The fourth-order valence-electron chi connectivity index (χ4n) is 2.14. The van der Waals surface area contributed by atoms with Crippen molar-refractivity contribution in [2.75, 3.05) is 6.61 Å². The Bertz CT molecular complexity index is 631. The van der Waals surface area contributed by atoms with E-state index in [0.717, 1.165) is 11.3 Å². The molecule has 3 nitrogen and oxygen atoms in total. The highest BCUT2D eigenvalue weighted by atomic mass is 32.1. The molecule has 0 amide bonds. The number of esters is 1. The van der Waals surface area contributed by atoms with Gasteiger partial charge in [0.15, 0.2) is 5.78 Å². The summed E-state index contributed by atoms with van der Waals surface area (Å²) in [5.41, 5.74) is 1.39. The average molecular weight is 316 g/mol. The zero-order chi connectivity index (χ0) is 15.9. The van der Waals surface area contributed by atoms with E-state index in [1.807, 2.05) is 41.8 Å².